The number of morpholine rings is 2. The molecule has 0 bridgehead atoms. The molecule has 6 heteroatoms. The third-order valence-corrected chi connectivity index (χ3v) is 4.20. The van der Waals surface area contributed by atoms with Crippen LogP contribution in [0.1, 0.15) is 13.8 Å². The molecule has 1 aromatic carbocycles. The number of rotatable bonds is 2. The van der Waals surface area contributed by atoms with E-state index in [1.807, 2.05) is 12.1 Å². The summed E-state index contributed by atoms with van der Waals surface area (Å²) in [4.78, 5) is 16.3. The number of nitrogens with one attached hydrogen (secondary N) is 1. The van der Waals surface area contributed by atoms with Crippen molar-refractivity contribution in [3.8, 4) is 0 Å². The smallest absolute Gasteiger partial charge is 0.321 e. The first-order valence-corrected chi connectivity index (χ1v) is 8.26. The molecule has 0 radical (unpaired) electrons. The number of hydrogen-bond acceptors (Lipinski definition) is 4. The van der Waals surface area contributed by atoms with Gasteiger partial charge in [0.15, 0.2) is 0 Å². The lowest BCUT2D eigenvalue weighted by molar-refractivity contribution is -0.00521. The number of carbonyl (C=O) groups excluding carboxylic acids is 1. The first-order chi connectivity index (χ1) is 11.1. The van der Waals surface area contributed by atoms with Crippen molar-refractivity contribution in [2.24, 2.45) is 0 Å². The minimum absolute atomic E-state index is 0.0605. The number of nitrogens with zero attached hydrogens (tertiary/aromatic N) is 2. The fourth-order valence-electron chi connectivity index (χ4n) is 3.11. The lowest BCUT2D eigenvalue weighted by atomic mass is 10.2. The highest BCUT2D eigenvalue weighted by atomic mass is 16.5. The zero-order valence-corrected chi connectivity index (χ0v) is 13.8. The Morgan fingerprint density at radius 1 is 1.09 bits per heavy atom. The zero-order chi connectivity index (χ0) is 16.2. The molecule has 2 saturated heterocycles. The van der Waals surface area contributed by atoms with Crippen molar-refractivity contribution in [1.82, 2.24) is 4.90 Å². The maximum atomic E-state index is 12.2. The Balaban J connectivity index is 1.59. The second-order valence-electron chi connectivity index (χ2n) is 6.24. The van der Waals surface area contributed by atoms with Gasteiger partial charge in [0.25, 0.3) is 0 Å². The number of hydrogen-bond donors (Lipinski definition) is 1. The van der Waals surface area contributed by atoms with Crippen molar-refractivity contribution in [3.63, 3.8) is 0 Å². The standard InChI is InChI=1S/C17H25N3O3/c1-13-11-20(12-14(2)23-13)16-5-3-15(4-6-16)18-17(21)19-7-9-22-10-8-19/h3-6,13-14H,7-12H2,1-2H3,(H,18,21)/t13-,14-/m0/s1. The Hall–Kier alpha value is -1.79. The largest absolute Gasteiger partial charge is 0.378 e. The third kappa shape index (κ3) is 4.14. The number of anilines is 2. The SMILES string of the molecule is C[C@H]1CN(c2ccc(NC(=O)N3CCOCC3)cc2)C[C@H](C)O1. The predicted octanol–water partition coefficient (Wildman–Crippen LogP) is 2.16. The molecule has 1 N–H and O–H groups in total. The molecule has 2 aliphatic heterocycles. The number of urea groups is 1. The number of carbonyl (C=O) groups is 1. The van der Waals surface area contributed by atoms with Crippen LogP contribution < -0.4 is 10.2 Å². The zero-order valence-electron chi connectivity index (χ0n) is 13.8. The van der Waals surface area contributed by atoms with Gasteiger partial charge in [-0.1, -0.05) is 0 Å². The summed E-state index contributed by atoms with van der Waals surface area (Å²) < 4.78 is 11.0. The van der Waals surface area contributed by atoms with Crippen molar-refractivity contribution < 1.29 is 14.3 Å². The number of benzene rings is 1. The van der Waals surface area contributed by atoms with E-state index in [9.17, 15) is 4.79 Å². The maximum Gasteiger partial charge on any atom is 0.321 e. The van der Waals surface area contributed by atoms with Gasteiger partial charge in [-0.2, -0.15) is 0 Å². The molecule has 126 valence electrons. The van der Waals surface area contributed by atoms with E-state index in [1.54, 1.807) is 4.90 Å². The van der Waals surface area contributed by atoms with Crippen LogP contribution in [-0.2, 0) is 9.47 Å². The van der Waals surface area contributed by atoms with Gasteiger partial charge in [0, 0.05) is 37.6 Å². The van der Waals surface area contributed by atoms with Crippen LogP contribution in [0.15, 0.2) is 24.3 Å². The lowest BCUT2D eigenvalue weighted by Crippen LogP contribution is -2.45. The molecule has 2 heterocycles. The fraction of sp³-hybridized carbons (Fsp3) is 0.588. The van der Waals surface area contributed by atoms with Gasteiger partial charge < -0.3 is 24.6 Å². The highest BCUT2D eigenvalue weighted by molar-refractivity contribution is 5.89. The molecular formula is C17H25N3O3. The predicted molar refractivity (Wildman–Crippen MR) is 90.1 cm³/mol. The van der Waals surface area contributed by atoms with Gasteiger partial charge in [0.2, 0.25) is 0 Å². The Labute approximate surface area is 137 Å². The Morgan fingerprint density at radius 2 is 1.70 bits per heavy atom. The van der Waals surface area contributed by atoms with Crippen molar-refractivity contribution in [1.29, 1.82) is 0 Å². The molecule has 23 heavy (non-hydrogen) atoms. The van der Waals surface area contributed by atoms with Gasteiger partial charge in [-0.15, -0.1) is 0 Å². The van der Waals surface area contributed by atoms with E-state index in [1.165, 1.54) is 0 Å². The summed E-state index contributed by atoms with van der Waals surface area (Å²) in [6, 6.07) is 7.96. The van der Waals surface area contributed by atoms with E-state index in [-0.39, 0.29) is 18.2 Å². The normalized spacial score (nSPS) is 25.3. The maximum absolute atomic E-state index is 12.2. The van der Waals surface area contributed by atoms with Crippen LogP contribution in [0.2, 0.25) is 0 Å². The second-order valence-corrected chi connectivity index (χ2v) is 6.24. The van der Waals surface area contributed by atoms with Crippen LogP contribution in [0.3, 0.4) is 0 Å². The average Bonchev–Trinajstić information content (AvgIpc) is 2.55. The molecule has 0 aliphatic carbocycles. The molecule has 2 aliphatic rings. The van der Waals surface area contributed by atoms with E-state index in [0.717, 1.165) is 24.5 Å². The van der Waals surface area contributed by atoms with Crippen molar-refractivity contribution in [3.05, 3.63) is 24.3 Å². The second kappa shape index (κ2) is 7.19. The van der Waals surface area contributed by atoms with E-state index in [0.29, 0.717) is 26.3 Å². The number of ether oxygens (including phenoxy) is 2. The molecule has 6 nitrogen and oxygen atoms in total. The summed E-state index contributed by atoms with van der Waals surface area (Å²) in [6.45, 7) is 8.49. The first kappa shape index (κ1) is 16.1. The number of amides is 2. The van der Waals surface area contributed by atoms with Gasteiger partial charge in [-0.3, -0.25) is 0 Å². The summed E-state index contributed by atoms with van der Waals surface area (Å²) in [5, 5.41) is 2.95. The lowest BCUT2D eigenvalue weighted by Gasteiger charge is -2.37. The van der Waals surface area contributed by atoms with Gasteiger partial charge >= 0.3 is 6.03 Å². The summed E-state index contributed by atoms with van der Waals surface area (Å²) in [5.41, 5.74) is 1.98. The summed E-state index contributed by atoms with van der Waals surface area (Å²) in [7, 11) is 0. The topological polar surface area (TPSA) is 54.0 Å². The van der Waals surface area contributed by atoms with Crippen molar-refractivity contribution >= 4 is 17.4 Å². The van der Waals surface area contributed by atoms with Crippen molar-refractivity contribution in [2.45, 2.75) is 26.1 Å². The molecular weight excluding hydrogens is 294 g/mol. The quantitative estimate of drug-likeness (QED) is 0.908. The van der Waals surface area contributed by atoms with Crippen molar-refractivity contribution in [2.75, 3.05) is 49.6 Å². The van der Waals surface area contributed by atoms with E-state index in [4.69, 9.17) is 9.47 Å². The molecule has 0 aromatic heterocycles. The monoisotopic (exact) mass is 319 g/mol. The highest BCUT2D eigenvalue weighted by Gasteiger charge is 2.22. The van der Waals surface area contributed by atoms with Gasteiger partial charge in [-0.05, 0) is 38.1 Å². The molecule has 2 amide bonds. The Kier molecular flexibility index (Phi) is 5.03. The van der Waals surface area contributed by atoms with Crippen LogP contribution in [0.4, 0.5) is 16.2 Å². The minimum Gasteiger partial charge on any atom is -0.378 e. The summed E-state index contributed by atoms with van der Waals surface area (Å²) in [5.74, 6) is 0. The van der Waals surface area contributed by atoms with Crippen LogP contribution in [0.5, 0.6) is 0 Å². The van der Waals surface area contributed by atoms with Gasteiger partial charge in [0.1, 0.15) is 0 Å². The average molecular weight is 319 g/mol. The van der Waals surface area contributed by atoms with E-state index >= 15 is 0 Å². The molecule has 0 unspecified atom stereocenters. The molecule has 3 rings (SSSR count). The fourth-order valence-corrected chi connectivity index (χ4v) is 3.11. The van der Waals surface area contributed by atoms with Crippen LogP contribution in [0.25, 0.3) is 0 Å². The Morgan fingerprint density at radius 3 is 2.30 bits per heavy atom. The molecule has 0 spiro atoms. The van der Waals surface area contributed by atoms with E-state index < -0.39 is 0 Å². The minimum atomic E-state index is -0.0605. The first-order valence-electron chi connectivity index (χ1n) is 8.26. The summed E-state index contributed by atoms with van der Waals surface area (Å²) >= 11 is 0. The molecule has 2 fully saturated rings. The van der Waals surface area contributed by atoms with Crippen LogP contribution in [-0.4, -0.2) is 62.5 Å². The molecule has 0 saturated carbocycles. The Bertz CT molecular complexity index is 518. The van der Waals surface area contributed by atoms with Gasteiger partial charge in [0.05, 0.1) is 25.4 Å². The molecule has 1 aromatic rings. The highest BCUT2D eigenvalue weighted by Crippen LogP contribution is 2.22. The molecule has 2 atom stereocenters. The third-order valence-electron chi connectivity index (χ3n) is 4.20. The summed E-state index contributed by atoms with van der Waals surface area (Å²) in [6.07, 6.45) is 0.471. The van der Waals surface area contributed by atoms with Crippen LogP contribution >= 0.6 is 0 Å². The van der Waals surface area contributed by atoms with Gasteiger partial charge in [-0.25, -0.2) is 4.79 Å². The van der Waals surface area contributed by atoms with E-state index in [2.05, 4.69) is 36.2 Å². The van der Waals surface area contributed by atoms with Crippen LogP contribution in [0, 0.1) is 0 Å².